The molecule has 1 amide bonds. The molecule has 0 aromatic carbocycles. The molecule has 2 N–H and O–H groups in total. The van der Waals surface area contributed by atoms with E-state index < -0.39 is 5.60 Å². The number of likely N-dealkylation sites (tertiary alicyclic amines) is 1. The van der Waals surface area contributed by atoms with Gasteiger partial charge >= 0.3 is 6.09 Å². The zero-order valence-electron chi connectivity index (χ0n) is 18.0. The molecular formula is C20H33N5O4. The number of carbonyl (C=O) groups excluding carboxylic acids is 1. The minimum absolute atomic E-state index is 0.131. The molecule has 2 rings (SSSR count). The standard InChI is InChI=1S/C20H33N5O4/c1-6-21-18(24-16-13-25(14-16)19(26)29-20(2,3)4)23-12-15-8-7-9-22-17(15)28-11-10-27-5/h7-9,16H,6,10-14H2,1-5H3,(H2,21,23,24). The molecule has 1 aliphatic heterocycles. The van der Waals surface area contributed by atoms with Gasteiger partial charge in [-0.05, 0) is 33.8 Å². The number of nitrogens with one attached hydrogen (secondary N) is 2. The molecular weight excluding hydrogens is 374 g/mol. The molecule has 162 valence electrons. The average molecular weight is 408 g/mol. The molecule has 0 unspecified atom stereocenters. The normalized spacial score (nSPS) is 14.9. The van der Waals surface area contributed by atoms with Crippen LogP contribution in [0.2, 0.25) is 0 Å². The lowest BCUT2D eigenvalue weighted by Gasteiger charge is -2.40. The molecule has 0 aliphatic carbocycles. The molecule has 1 aromatic rings. The summed E-state index contributed by atoms with van der Waals surface area (Å²) in [5.41, 5.74) is 0.406. The van der Waals surface area contributed by atoms with E-state index in [1.165, 1.54) is 0 Å². The van der Waals surface area contributed by atoms with Crippen LogP contribution in [0, 0.1) is 0 Å². The molecule has 9 heteroatoms. The Bertz CT molecular complexity index is 684. The second-order valence-electron chi connectivity index (χ2n) is 7.73. The van der Waals surface area contributed by atoms with Crippen molar-refractivity contribution in [3.05, 3.63) is 23.9 Å². The third-order valence-electron chi connectivity index (χ3n) is 4.00. The van der Waals surface area contributed by atoms with E-state index in [0.29, 0.717) is 44.7 Å². The lowest BCUT2D eigenvalue weighted by atomic mass is 10.1. The van der Waals surface area contributed by atoms with Gasteiger partial charge in [0.05, 0.1) is 19.2 Å². The molecule has 1 fully saturated rings. The van der Waals surface area contributed by atoms with Crippen molar-refractivity contribution in [3.63, 3.8) is 0 Å². The van der Waals surface area contributed by atoms with Crippen molar-refractivity contribution in [2.45, 2.75) is 45.9 Å². The van der Waals surface area contributed by atoms with Crippen LogP contribution in [0.4, 0.5) is 4.79 Å². The van der Waals surface area contributed by atoms with Gasteiger partial charge in [0.25, 0.3) is 0 Å². The van der Waals surface area contributed by atoms with E-state index >= 15 is 0 Å². The predicted octanol–water partition coefficient (Wildman–Crippen LogP) is 1.78. The van der Waals surface area contributed by atoms with E-state index in [1.807, 2.05) is 39.8 Å². The molecule has 2 heterocycles. The van der Waals surface area contributed by atoms with Crippen LogP contribution in [0.15, 0.2) is 23.3 Å². The first-order valence-electron chi connectivity index (χ1n) is 9.90. The highest BCUT2D eigenvalue weighted by Crippen LogP contribution is 2.17. The molecule has 0 saturated carbocycles. The number of rotatable bonds is 8. The Morgan fingerprint density at radius 2 is 2.10 bits per heavy atom. The number of amides is 1. The van der Waals surface area contributed by atoms with Gasteiger partial charge in [-0.1, -0.05) is 6.07 Å². The molecule has 29 heavy (non-hydrogen) atoms. The Hall–Kier alpha value is -2.55. The smallest absolute Gasteiger partial charge is 0.410 e. The maximum atomic E-state index is 12.1. The van der Waals surface area contributed by atoms with Gasteiger partial charge in [0, 0.05) is 38.5 Å². The van der Waals surface area contributed by atoms with Crippen LogP contribution in [0.1, 0.15) is 33.3 Å². The maximum Gasteiger partial charge on any atom is 0.410 e. The topological polar surface area (TPSA) is 97.3 Å². The average Bonchev–Trinajstić information content (AvgIpc) is 2.61. The number of hydrogen-bond acceptors (Lipinski definition) is 6. The number of methoxy groups -OCH3 is 1. The first kappa shape index (κ1) is 22.7. The highest BCUT2D eigenvalue weighted by molar-refractivity contribution is 5.80. The van der Waals surface area contributed by atoms with Gasteiger partial charge in [0.1, 0.15) is 12.2 Å². The molecule has 1 aromatic heterocycles. The minimum Gasteiger partial charge on any atom is -0.475 e. The lowest BCUT2D eigenvalue weighted by Crippen LogP contribution is -2.63. The largest absolute Gasteiger partial charge is 0.475 e. The fourth-order valence-electron chi connectivity index (χ4n) is 2.62. The number of pyridine rings is 1. The van der Waals surface area contributed by atoms with E-state index in [2.05, 4.69) is 20.6 Å². The van der Waals surface area contributed by atoms with Crippen molar-refractivity contribution < 1.29 is 19.0 Å². The molecule has 0 atom stereocenters. The zero-order valence-corrected chi connectivity index (χ0v) is 18.0. The highest BCUT2D eigenvalue weighted by atomic mass is 16.6. The Kier molecular flexibility index (Phi) is 8.50. The number of hydrogen-bond donors (Lipinski definition) is 2. The van der Waals surface area contributed by atoms with Crippen LogP contribution in [-0.2, 0) is 16.0 Å². The number of nitrogens with zero attached hydrogens (tertiary/aromatic N) is 3. The van der Waals surface area contributed by atoms with Crippen LogP contribution in [0.5, 0.6) is 5.88 Å². The van der Waals surface area contributed by atoms with E-state index in [-0.39, 0.29) is 12.1 Å². The van der Waals surface area contributed by atoms with E-state index in [9.17, 15) is 4.79 Å². The summed E-state index contributed by atoms with van der Waals surface area (Å²) in [6.45, 7) is 10.9. The van der Waals surface area contributed by atoms with Crippen LogP contribution < -0.4 is 15.4 Å². The zero-order chi connectivity index (χ0) is 21.3. The van der Waals surface area contributed by atoms with E-state index in [0.717, 1.165) is 12.1 Å². The Morgan fingerprint density at radius 3 is 2.76 bits per heavy atom. The highest BCUT2D eigenvalue weighted by Gasteiger charge is 2.34. The van der Waals surface area contributed by atoms with Crippen LogP contribution in [-0.4, -0.2) is 73.5 Å². The van der Waals surface area contributed by atoms with Gasteiger partial charge in [0.15, 0.2) is 5.96 Å². The van der Waals surface area contributed by atoms with Gasteiger partial charge in [-0.15, -0.1) is 0 Å². The number of guanidine groups is 1. The molecule has 0 spiro atoms. The van der Waals surface area contributed by atoms with Gasteiger partial charge in [-0.3, -0.25) is 0 Å². The van der Waals surface area contributed by atoms with Crippen LogP contribution in [0.3, 0.4) is 0 Å². The Balaban J connectivity index is 1.89. The SMILES string of the molecule is CCNC(=NCc1cccnc1OCCOC)NC1CN(C(=O)OC(C)(C)C)C1. The van der Waals surface area contributed by atoms with Crippen molar-refractivity contribution in [3.8, 4) is 5.88 Å². The molecule has 0 radical (unpaired) electrons. The predicted molar refractivity (Wildman–Crippen MR) is 111 cm³/mol. The maximum absolute atomic E-state index is 12.1. The molecule has 1 saturated heterocycles. The summed E-state index contributed by atoms with van der Waals surface area (Å²) in [6.07, 6.45) is 1.41. The molecule has 0 bridgehead atoms. The Labute approximate surface area is 172 Å². The quantitative estimate of drug-likeness (QED) is 0.385. The van der Waals surface area contributed by atoms with Crippen molar-refractivity contribution in [1.29, 1.82) is 0 Å². The van der Waals surface area contributed by atoms with E-state index in [1.54, 1.807) is 18.2 Å². The van der Waals surface area contributed by atoms with Crippen molar-refractivity contribution in [2.24, 2.45) is 4.99 Å². The second-order valence-corrected chi connectivity index (χ2v) is 7.73. The monoisotopic (exact) mass is 407 g/mol. The fraction of sp³-hybridized carbons (Fsp3) is 0.650. The second kappa shape index (κ2) is 10.8. The summed E-state index contributed by atoms with van der Waals surface area (Å²) in [7, 11) is 1.63. The number of aromatic nitrogens is 1. The first-order chi connectivity index (χ1) is 13.8. The lowest BCUT2D eigenvalue weighted by molar-refractivity contribution is 0.00700. The molecule has 9 nitrogen and oxygen atoms in total. The third-order valence-corrected chi connectivity index (χ3v) is 4.00. The number of aliphatic imine (C=N–C) groups is 1. The minimum atomic E-state index is -0.487. The van der Waals surface area contributed by atoms with Gasteiger partial charge in [-0.2, -0.15) is 0 Å². The summed E-state index contributed by atoms with van der Waals surface area (Å²) >= 11 is 0. The summed E-state index contributed by atoms with van der Waals surface area (Å²) in [6, 6.07) is 3.93. The van der Waals surface area contributed by atoms with E-state index in [4.69, 9.17) is 14.2 Å². The first-order valence-corrected chi connectivity index (χ1v) is 9.90. The number of carbonyl (C=O) groups is 1. The fourth-order valence-corrected chi connectivity index (χ4v) is 2.62. The van der Waals surface area contributed by atoms with Gasteiger partial charge in [0.2, 0.25) is 5.88 Å². The third kappa shape index (κ3) is 7.77. The van der Waals surface area contributed by atoms with Crippen molar-refractivity contribution in [1.82, 2.24) is 20.5 Å². The summed E-state index contributed by atoms with van der Waals surface area (Å²) in [5.74, 6) is 1.25. The van der Waals surface area contributed by atoms with Gasteiger partial charge in [-0.25, -0.2) is 14.8 Å². The summed E-state index contributed by atoms with van der Waals surface area (Å²) in [4.78, 5) is 22.6. The molecule has 1 aliphatic rings. The van der Waals surface area contributed by atoms with Gasteiger partial charge < -0.3 is 29.7 Å². The number of ether oxygens (including phenoxy) is 3. The summed E-state index contributed by atoms with van der Waals surface area (Å²) < 4.78 is 16.1. The summed E-state index contributed by atoms with van der Waals surface area (Å²) in [5, 5.41) is 6.58. The van der Waals surface area contributed by atoms with Crippen LogP contribution >= 0.6 is 0 Å². The van der Waals surface area contributed by atoms with Crippen molar-refractivity contribution >= 4 is 12.1 Å². The Morgan fingerprint density at radius 1 is 1.34 bits per heavy atom. The van der Waals surface area contributed by atoms with Crippen molar-refractivity contribution in [2.75, 3.05) is 40.0 Å². The van der Waals surface area contributed by atoms with Crippen LogP contribution in [0.25, 0.3) is 0 Å².